The minimum atomic E-state index is -1.15. The fraction of sp³-hybridized carbons (Fsp3) is 0.431. The molecule has 6 aromatic rings. The first-order valence-corrected chi connectivity index (χ1v) is 24.7. The lowest BCUT2D eigenvalue weighted by molar-refractivity contribution is -0.123. The summed E-state index contributed by atoms with van der Waals surface area (Å²) in [6.07, 6.45) is 10.8. The summed E-state index contributed by atoms with van der Waals surface area (Å²) >= 11 is 25.5. The number of aromatic hydroxyl groups is 2. The Hall–Kier alpha value is -4.57. The number of pyridine rings is 4. The first-order chi connectivity index (χ1) is 32.6. The van der Waals surface area contributed by atoms with E-state index in [1.54, 1.807) is 48.8 Å². The molecule has 0 bridgehead atoms. The van der Waals surface area contributed by atoms with Gasteiger partial charge in [-0.05, 0) is 140 Å². The van der Waals surface area contributed by atoms with E-state index >= 15 is 4.79 Å². The average molecular weight is 1000 g/mol. The maximum Gasteiger partial charge on any atom is 0.152 e. The molecule has 2 fully saturated rings. The number of Topliss-reactive ketones (excluding diaryl/α,β-unsaturated/α-hetero) is 1. The molecule has 4 heterocycles. The molecule has 2 aliphatic rings. The van der Waals surface area contributed by atoms with E-state index in [1.165, 1.54) is 0 Å². The summed E-state index contributed by atoms with van der Waals surface area (Å²) in [6.45, 7) is 0.828. The Labute approximate surface area is 416 Å². The van der Waals surface area contributed by atoms with Crippen LogP contribution in [0.4, 0.5) is 11.4 Å². The number of nitrogens with zero attached hydrogens (tertiary/aromatic N) is 6. The molecule has 0 radical (unpaired) electrons. The molecule has 0 saturated heterocycles. The molecule has 0 aliphatic heterocycles. The molecule has 4 aromatic heterocycles. The van der Waals surface area contributed by atoms with Crippen LogP contribution < -0.4 is 10.6 Å². The lowest BCUT2D eigenvalue weighted by Crippen LogP contribution is -2.33. The number of rotatable bonds is 16. The molecule has 2 atom stereocenters. The van der Waals surface area contributed by atoms with Crippen molar-refractivity contribution >= 4 is 85.6 Å². The molecule has 2 aliphatic carbocycles. The smallest absolute Gasteiger partial charge is 0.152 e. The van der Waals surface area contributed by atoms with Gasteiger partial charge in [0.25, 0.3) is 0 Å². The minimum absolute atomic E-state index is 0.0378. The molecule has 6 N–H and O–H groups in total. The Morgan fingerprint density at radius 1 is 0.603 bits per heavy atom. The maximum atomic E-state index is 15.4. The topological polar surface area (TPSA) is 180 Å². The Balaban J connectivity index is 1.22. The van der Waals surface area contributed by atoms with Crippen LogP contribution in [0.1, 0.15) is 74.3 Å². The summed E-state index contributed by atoms with van der Waals surface area (Å²) in [7, 11) is 8.36. The van der Waals surface area contributed by atoms with Crippen molar-refractivity contribution in [2.75, 3.05) is 65.1 Å². The number of anilines is 2. The maximum absolute atomic E-state index is 15.4. The normalized spacial score (nSPS) is 19.7. The van der Waals surface area contributed by atoms with Gasteiger partial charge in [0, 0.05) is 59.8 Å². The molecule has 17 heteroatoms. The number of benzene rings is 2. The summed E-state index contributed by atoms with van der Waals surface area (Å²) in [4.78, 5) is 39.5. The SMILES string of the molecule is CN(C)CC1CCC(Nc2c(C(CO)C(=O)C(CO)c3cnc4ccc(-c5cc(Cl)c(O)c(Cl)c5)nc4c3NC3CCC(CN(C)C)CC3)cnc3ccc(-c4cc(Cl)c(O)c(Cl)c4)nc23)CC1. The summed E-state index contributed by atoms with van der Waals surface area (Å²) in [6, 6.07) is 13.7. The monoisotopic (exact) mass is 1000 g/mol. The number of hydrogen-bond donors (Lipinski definition) is 6. The molecule has 2 aromatic carbocycles. The van der Waals surface area contributed by atoms with Crippen LogP contribution in [0.25, 0.3) is 44.6 Å². The zero-order valence-corrected chi connectivity index (χ0v) is 41.6. The zero-order valence-electron chi connectivity index (χ0n) is 38.6. The summed E-state index contributed by atoms with van der Waals surface area (Å²) in [5, 5.41) is 51.3. The van der Waals surface area contributed by atoms with Gasteiger partial charge in [-0.15, -0.1) is 0 Å². The van der Waals surface area contributed by atoms with Crippen molar-refractivity contribution in [2.24, 2.45) is 11.8 Å². The second kappa shape index (κ2) is 21.6. The van der Waals surface area contributed by atoms with E-state index in [0.29, 0.717) is 78.9 Å². The highest BCUT2D eigenvalue weighted by atomic mass is 35.5. The first kappa shape index (κ1) is 49.8. The highest BCUT2D eigenvalue weighted by Gasteiger charge is 2.35. The van der Waals surface area contributed by atoms with Crippen molar-refractivity contribution in [3.05, 3.63) is 92.1 Å². The van der Waals surface area contributed by atoms with Gasteiger partial charge in [0.05, 0.1) is 78.9 Å². The molecule has 68 heavy (non-hydrogen) atoms. The van der Waals surface area contributed by atoms with Gasteiger partial charge in [0.2, 0.25) is 0 Å². The number of carbonyl (C=O) groups is 1. The number of fused-ring (bicyclic) bond motifs is 2. The standard InChI is InChI=1S/C51H58Cl4N8O5/c1-62(2)23-27-5-9-31(10-6-27)58-45-33(21-56-43-15-13-41(60-47(43)45)29-17-37(52)50(67)38(53)18-29)35(25-64)49(66)36(26-65)34-22-57-44-16-14-42(30-19-39(54)51(68)40(55)20-30)61-48(44)46(34)59-32-11-7-28(8-12-32)24-63(3)4/h13-22,27-28,31-32,35-36,64-65,67-68H,5-12,23-26H2,1-4H3,(H,56,58)(H,57,59). The average Bonchev–Trinajstić information content (AvgIpc) is 3.31. The largest absolute Gasteiger partial charge is 0.505 e. The lowest BCUT2D eigenvalue weighted by Gasteiger charge is -2.33. The van der Waals surface area contributed by atoms with E-state index in [0.717, 1.165) is 64.5 Å². The summed E-state index contributed by atoms with van der Waals surface area (Å²) < 4.78 is 0. The molecular formula is C51H58Cl4N8O5. The van der Waals surface area contributed by atoms with Crippen LogP contribution in [0.2, 0.25) is 20.1 Å². The van der Waals surface area contributed by atoms with E-state index in [1.807, 2.05) is 12.1 Å². The van der Waals surface area contributed by atoms with E-state index in [-0.39, 0.29) is 43.7 Å². The third kappa shape index (κ3) is 10.9. The van der Waals surface area contributed by atoms with Gasteiger partial charge >= 0.3 is 0 Å². The number of ketones is 1. The van der Waals surface area contributed by atoms with Crippen LogP contribution in [0.5, 0.6) is 11.5 Å². The third-order valence-corrected chi connectivity index (χ3v) is 14.7. The second-order valence-corrected chi connectivity index (χ2v) is 20.6. The second-order valence-electron chi connectivity index (χ2n) is 19.0. The Bertz CT molecular complexity index is 2570. The molecule has 8 rings (SSSR count). The van der Waals surface area contributed by atoms with Crippen molar-refractivity contribution in [1.29, 1.82) is 0 Å². The van der Waals surface area contributed by atoms with Gasteiger partial charge in [-0.1, -0.05) is 46.4 Å². The van der Waals surface area contributed by atoms with Crippen LogP contribution in [-0.4, -0.2) is 123 Å². The molecule has 2 saturated carbocycles. The Kier molecular flexibility index (Phi) is 15.8. The van der Waals surface area contributed by atoms with Crippen LogP contribution in [0.3, 0.4) is 0 Å². The minimum Gasteiger partial charge on any atom is -0.505 e. The molecule has 0 spiro atoms. The Morgan fingerprint density at radius 2 is 0.956 bits per heavy atom. The fourth-order valence-corrected chi connectivity index (χ4v) is 11.1. The molecule has 360 valence electrons. The van der Waals surface area contributed by atoms with E-state index < -0.39 is 30.8 Å². The van der Waals surface area contributed by atoms with Gasteiger partial charge < -0.3 is 40.9 Å². The molecule has 2 unspecified atom stereocenters. The fourth-order valence-electron chi connectivity index (χ4n) is 10.1. The predicted molar refractivity (Wildman–Crippen MR) is 274 cm³/mol. The van der Waals surface area contributed by atoms with Crippen molar-refractivity contribution in [1.82, 2.24) is 29.7 Å². The summed E-state index contributed by atoms with van der Waals surface area (Å²) in [5.41, 5.74) is 6.24. The number of phenols is 2. The molecule has 0 amide bonds. The number of aliphatic hydroxyl groups is 2. The van der Waals surface area contributed by atoms with Crippen LogP contribution in [-0.2, 0) is 4.79 Å². The number of hydrogen-bond acceptors (Lipinski definition) is 13. The zero-order chi connectivity index (χ0) is 48.4. The number of phenolic OH excluding ortho intramolecular Hbond substituents is 2. The number of aliphatic hydroxyl groups excluding tert-OH is 2. The third-order valence-electron chi connectivity index (χ3n) is 13.5. The highest BCUT2D eigenvalue weighted by molar-refractivity contribution is 6.38. The van der Waals surface area contributed by atoms with Crippen molar-refractivity contribution in [2.45, 2.75) is 75.3 Å². The quantitative estimate of drug-likeness (QED) is 0.0540. The Morgan fingerprint density at radius 3 is 1.28 bits per heavy atom. The van der Waals surface area contributed by atoms with Crippen LogP contribution in [0.15, 0.2) is 60.9 Å². The summed E-state index contributed by atoms with van der Waals surface area (Å²) in [5.74, 6) is -2.09. The van der Waals surface area contributed by atoms with Crippen LogP contribution in [0, 0.1) is 11.8 Å². The first-order valence-electron chi connectivity index (χ1n) is 23.2. The van der Waals surface area contributed by atoms with Crippen LogP contribution >= 0.6 is 46.4 Å². The lowest BCUT2D eigenvalue weighted by atomic mass is 9.82. The predicted octanol–water partition coefficient (Wildman–Crippen LogP) is 10.4. The number of aromatic nitrogens is 4. The molecule has 13 nitrogen and oxygen atoms in total. The number of halogens is 4. The van der Waals surface area contributed by atoms with Crippen molar-refractivity contribution < 1.29 is 25.2 Å². The highest BCUT2D eigenvalue weighted by Crippen LogP contribution is 2.43. The van der Waals surface area contributed by atoms with E-state index in [9.17, 15) is 20.4 Å². The van der Waals surface area contributed by atoms with Gasteiger partial charge in [-0.3, -0.25) is 14.8 Å². The van der Waals surface area contributed by atoms with Gasteiger partial charge in [0.15, 0.2) is 17.3 Å². The van der Waals surface area contributed by atoms with E-state index in [2.05, 4.69) is 48.6 Å². The van der Waals surface area contributed by atoms with Crippen molar-refractivity contribution in [3.8, 4) is 34.0 Å². The van der Waals surface area contributed by atoms with E-state index in [4.69, 9.17) is 66.3 Å². The van der Waals surface area contributed by atoms with Crippen molar-refractivity contribution in [3.63, 3.8) is 0 Å². The van der Waals surface area contributed by atoms with Gasteiger partial charge in [-0.25, -0.2) is 9.97 Å². The van der Waals surface area contributed by atoms with Gasteiger partial charge in [0.1, 0.15) is 11.0 Å². The number of carbonyl (C=O) groups excluding carboxylic acids is 1. The number of nitrogens with one attached hydrogen (secondary N) is 2. The molecular weight excluding hydrogens is 946 g/mol. The van der Waals surface area contributed by atoms with Gasteiger partial charge in [-0.2, -0.15) is 0 Å².